The molecule has 1 amide bonds. The molecule has 26 heavy (non-hydrogen) atoms. The second-order valence-corrected chi connectivity index (χ2v) is 6.16. The van der Waals surface area contributed by atoms with Crippen LogP contribution >= 0.6 is 0 Å². The van der Waals surface area contributed by atoms with Crippen molar-refractivity contribution >= 4 is 17.4 Å². The zero-order valence-electron chi connectivity index (χ0n) is 15.2. The number of benzene rings is 1. The second-order valence-electron chi connectivity index (χ2n) is 6.16. The summed E-state index contributed by atoms with van der Waals surface area (Å²) in [6, 6.07) is 8.49. The van der Waals surface area contributed by atoms with Crippen LogP contribution in [0, 0.1) is 5.82 Å². The van der Waals surface area contributed by atoms with E-state index in [1.165, 1.54) is 12.4 Å². The normalized spacial score (nSPS) is 14.4. The molecule has 0 spiro atoms. The van der Waals surface area contributed by atoms with E-state index in [2.05, 4.69) is 28.7 Å². The van der Waals surface area contributed by atoms with Crippen molar-refractivity contribution in [1.29, 1.82) is 0 Å². The summed E-state index contributed by atoms with van der Waals surface area (Å²) in [7, 11) is 0. The van der Waals surface area contributed by atoms with Crippen molar-refractivity contribution in [3.8, 4) is 0 Å². The van der Waals surface area contributed by atoms with Gasteiger partial charge in [0, 0.05) is 45.3 Å². The summed E-state index contributed by atoms with van der Waals surface area (Å²) in [6.45, 7) is 8.02. The van der Waals surface area contributed by atoms with Crippen molar-refractivity contribution < 1.29 is 9.18 Å². The molecule has 6 nitrogen and oxygen atoms in total. The Morgan fingerprint density at radius 1 is 1.12 bits per heavy atom. The number of rotatable bonds is 5. The average Bonchev–Trinajstić information content (AvgIpc) is 2.69. The molecule has 0 atom stereocenters. The number of nitrogens with zero attached hydrogens (tertiary/aromatic N) is 5. The molecule has 2 aromatic rings. The molecule has 1 aromatic carbocycles. The zero-order chi connectivity index (χ0) is 18.5. The summed E-state index contributed by atoms with van der Waals surface area (Å²) < 4.78 is 13.9. The van der Waals surface area contributed by atoms with E-state index < -0.39 is 0 Å². The van der Waals surface area contributed by atoms with Crippen molar-refractivity contribution in [2.45, 2.75) is 13.8 Å². The van der Waals surface area contributed by atoms with E-state index in [0.717, 1.165) is 18.9 Å². The molecule has 1 aromatic heterocycles. The Balaban J connectivity index is 1.67. The highest BCUT2D eigenvalue weighted by molar-refractivity contribution is 5.93. The van der Waals surface area contributed by atoms with E-state index in [1.54, 1.807) is 23.1 Å². The summed E-state index contributed by atoms with van der Waals surface area (Å²) in [5.41, 5.74) is 0.992. The Labute approximate surface area is 153 Å². The van der Waals surface area contributed by atoms with Crippen molar-refractivity contribution in [3.05, 3.63) is 48.2 Å². The number of hydrogen-bond donors (Lipinski definition) is 0. The molecule has 138 valence electrons. The minimum atomic E-state index is -0.230. The van der Waals surface area contributed by atoms with Crippen LogP contribution in [0.2, 0.25) is 0 Å². The summed E-state index contributed by atoms with van der Waals surface area (Å²) in [5.74, 6) is 0.430. The maximum absolute atomic E-state index is 13.9. The number of anilines is 2. The molecule has 1 fully saturated rings. The molecule has 0 unspecified atom stereocenters. The van der Waals surface area contributed by atoms with Crippen LogP contribution in [-0.2, 0) is 0 Å². The van der Waals surface area contributed by atoms with Crippen LogP contribution < -0.4 is 9.80 Å². The van der Waals surface area contributed by atoms with Gasteiger partial charge in [0.1, 0.15) is 23.7 Å². The number of halogens is 1. The van der Waals surface area contributed by atoms with Crippen molar-refractivity contribution in [1.82, 2.24) is 14.9 Å². The largest absolute Gasteiger partial charge is 0.366 e. The molecule has 1 aliphatic heterocycles. The number of carbonyl (C=O) groups is 1. The quantitative estimate of drug-likeness (QED) is 0.823. The topological polar surface area (TPSA) is 52.6 Å². The molecular formula is C19H24FN5O. The van der Waals surface area contributed by atoms with Gasteiger partial charge in [0.25, 0.3) is 5.91 Å². The monoisotopic (exact) mass is 357 g/mol. The summed E-state index contributed by atoms with van der Waals surface area (Å²) in [6.07, 6.45) is 1.44. The van der Waals surface area contributed by atoms with Gasteiger partial charge in [-0.15, -0.1) is 0 Å². The zero-order valence-corrected chi connectivity index (χ0v) is 15.2. The number of aromatic nitrogens is 2. The van der Waals surface area contributed by atoms with E-state index in [-0.39, 0.29) is 11.7 Å². The Hall–Kier alpha value is -2.70. The van der Waals surface area contributed by atoms with Gasteiger partial charge in [-0.05, 0) is 26.0 Å². The van der Waals surface area contributed by atoms with E-state index in [4.69, 9.17) is 0 Å². The Morgan fingerprint density at radius 3 is 2.46 bits per heavy atom. The summed E-state index contributed by atoms with van der Waals surface area (Å²) >= 11 is 0. The molecule has 0 aliphatic carbocycles. The van der Waals surface area contributed by atoms with E-state index in [0.29, 0.717) is 37.6 Å². The molecule has 0 bridgehead atoms. The number of piperazine rings is 1. The number of amides is 1. The maximum Gasteiger partial charge on any atom is 0.272 e. The average molecular weight is 357 g/mol. The van der Waals surface area contributed by atoms with E-state index in [1.807, 2.05) is 11.0 Å². The van der Waals surface area contributed by atoms with Gasteiger partial charge in [0.05, 0.1) is 5.69 Å². The second kappa shape index (κ2) is 8.12. The van der Waals surface area contributed by atoms with Crippen molar-refractivity contribution in [2.24, 2.45) is 0 Å². The molecule has 3 rings (SSSR count). The first-order chi connectivity index (χ1) is 12.6. The standard InChI is InChI=1S/C19H24FN5O/c1-3-23(4-2)18-13-16(21-14-22-18)19(26)25-11-9-24(10-12-25)17-8-6-5-7-15(17)20/h5-8,13-14H,3-4,9-12H2,1-2H3. The highest BCUT2D eigenvalue weighted by Crippen LogP contribution is 2.21. The molecule has 0 radical (unpaired) electrons. The van der Waals surface area contributed by atoms with Crippen LogP contribution in [-0.4, -0.2) is 60.0 Å². The number of carbonyl (C=O) groups excluding carboxylic acids is 1. The minimum absolute atomic E-state index is 0.103. The van der Waals surface area contributed by atoms with Crippen molar-refractivity contribution in [2.75, 3.05) is 49.1 Å². The fraction of sp³-hybridized carbons (Fsp3) is 0.421. The molecule has 7 heteroatoms. The first-order valence-corrected chi connectivity index (χ1v) is 8.99. The van der Waals surface area contributed by atoms with Crippen LogP contribution in [0.15, 0.2) is 36.7 Å². The Kier molecular flexibility index (Phi) is 5.65. The van der Waals surface area contributed by atoms with Crippen LogP contribution in [0.4, 0.5) is 15.9 Å². The van der Waals surface area contributed by atoms with Gasteiger partial charge in [-0.2, -0.15) is 0 Å². The van der Waals surface area contributed by atoms with Crippen molar-refractivity contribution in [3.63, 3.8) is 0 Å². The first kappa shape index (κ1) is 18.1. The fourth-order valence-electron chi connectivity index (χ4n) is 3.21. The van der Waals surface area contributed by atoms with Gasteiger partial charge in [-0.3, -0.25) is 4.79 Å². The third kappa shape index (κ3) is 3.76. The molecule has 1 saturated heterocycles. The number of hydrogen-bond acceptors (Lipinski definition) is 5. The number of para-hydroxylation sites is 1. The van der Waals surface area contributed by atoms with Gasteiger partial charge < -0.3 is 14.7 Å². The lowest BCUT2D eigenvalue weighted by atomic mass is 10.2. The van der Waals surface area contributed by atoms with E-state index >= 15 is 0 Å². The minimum Gasteiger partial charge on any atom is -0.366 e. The highest BCUT2D eigenvalue weighted by Gasteiger charge is 2.24. The Bertz CT molecular complexity index is 757. The molecule has 0 saturated carbocycles. The van der Waals surface area contributed by atoms with Gasteiger partial charge in [-0.25, -0.2) is 14.4 Å². The highest BCUT2D eigenvalue weighted by atomic mass is 19.1. The fourth-order valence-corrected chi connectivity index (χ4v) is 3.21. The molecule has 0 N–H and O–H groups in total. The Morgan fingerprint density at radius 2 is 1.81 bits per heavy atom. The van der Waals surface area contributed by atoms with Crippen LogP contribution in [0.5, 0.6) is 0 Å². The van der Waals surface area contributed by atoms with Crippen LogP contribution in [0.1, 0.15) is 24.3 Å². The van der Waals surface area contributed by atoms with Gasteiger partial charge >= 0.3 is 0 Å². The van der Waals surface area contributed by atoms with Crippen LogP contribution in [0.25, 0.3) is 0 Å². The third-order valence-electron chi connectivity index (χ3n) is 4.72. The molecule has 1 aliphatic rings. The molecular weight excluding hydrogens is 333 g/mol. The smallest absolute Gasteiger partial charge is 0.272 e. The third-order valence-corrected chi connectivity index (χ3v) is 4.72. The van der Waals surface area contributed by atoms with Crippen LogP contribution in [0.3, 0.4) is 0 Å². The predicted octanol–water partition coefficient (Wildman–Crippen LogP) is 2.42. The molecule has 2 heterocycles. The van der Waals surface area contributed by atoms with Gasteiger partial charge in [0.2, 0.25) is 0 Å². The lowest BCUT2D eigenvalue weighted by Gasteiger charge is -2.36. The SMILES string of the molecule is CCN(CC)c1cc(C(=O)N2CCN(c3ccccc3F)CC2)ncn1. The lowest BCUT2D eigenvalue weighted by molar-refractivity contribution is 0.0740. The van der Waals surface area contributed by atoms with E-state index in [9.17, 15) is 9.18 Å². The first-order valence-electron chi connectivity index (χ1n) is 8.99. The summed E-state index contributed by atoms with van der Waals surface area (Å²) in [4.78, 5) is 27.0. The predicted molar refractivity (Wildman–Crippen MR) is 100 cm³/mol. The van der Waals surface area contributed by atoms with Gasteiger partial charge in [-0.1, -0.05) is 12.1 Å². The van der Waals surface area contributed by atoms with Gasteiger partial charge in [0.15, 0.2) is 0 Å². The summed E-state index contributed by atoms with van der Waals surface area (Å²) in [5, 5.41) is 0. The lowest BCUT2D eigenvalue weighted by Crippen LogP contribution is -2.49. The maximum atomic E-state index is 13.9.